The van der Waals surface area contributed by atoms with Crippen molar-refractivity contribution in [3.05, 3.63) is 23.8 Å². The topological polar surface area (TPSA) is 24.5 Å². The molecule has 112 valence electrons. The van der Waals surface area contributed by atoms with Crippen molar-refractivity contribution in [2.24, 2.45) is 0 Å². The Morgan fingerprint density at radius 3 is 2.70 bits per heavy atom. The molecule has 2 rings (SSSR count). The fourth-order valence-electron chi connectivity index (χ4n) is 2.89. The summed E-state index contributed by atoms with van der Waals surface area (Å²) in [6.07, 6.45) is 5.12. The summed E-state index contributed by atoms with van der Waals surface area (Å²) in [7, 11) is 3.98. The maximum atomic E-state index is 5.60. The van der Waals surface area contributed by atoms with Crippen LogP contribution < -0.4 is 15.0 Å². The van der Waals surface area contributed by atoms with Crippen molar-refractivity contribution < 1.29 is 4.74 Å². The van der Waals surface area contributed by atoms with E-state index in [9.17, 15) is 0 Å². The third-order valence-electron chi connectivity index (χ3n) is 4.40. The number of ether oxygens (including phenoxy) is 1. The van der Waals surface area contributed by atoms with Gasteiger partial charge in [-0.25, -0.2) is 0 Å². The average Bonchev–Trinajstić information content (AvgIpc) is 2.41. The van der Waals surface area contributed by atoms with Gasteiger partial charge in [-0.15, -0.1) is 0 Å². The van der Waals surface area contributed by atoms with Gasteiger partial charge < -0.3 is 15.0 Å². The Morgan fingerprint density at radius 2 is 2.15 bits per heavy atom. The summed E-state index contributed by atoms with van der Waals surface area (Å²) in [4.78, 5) is 2.44. The Hall–Kier alpha value is -1.22. The molecule has 1 unspecified atom stereocenters. The normalized spacial score (nSPS) is 16.6. The number of hydrogen-bond donors (Lipinski definition) is 1. The fraction of sp³-hybridized carbons (Fsp3) is 0.647. The standard InChI is InChI=1S/C17H28N2O/c1-5-12-18-13(2)17-15(10-7-11-16(17)20-4)19(3)14-8-6-9-14/h7,10-11,13-14,18H,5-6,8-9,12H2,1-4H3. The smallest absolute Gasteiger partial charge is 0.125 e. The summed E-state index contributed by atoms with van der Waals surface area (Å²) >= 11 is 0. The SMILES string of the molecule is CCCNC(C)c1c(OC)cccc1N(C)C1CCC1. The van der Waals surface area contributed by atoms with Crippen molar-refractivity contribution in [3.8, 4) is 5.75 Å². The molecule has 1 aromatic carbocycles. The summed E-state index contributed by atoms with van der Waals surface area (Å²) in [6, 6.07) is 7.39. The van der Waals surface area contributed by atoms with E-state index >= 15 is 0 Å². The highest BCUT2D eigenvalue weighted by Gasteiger charge is 2.26. The van der Waals surface area contributed by atoms with Crippen LogP contribution in [-0.2, 0) is 0 Å². The Morgan fingerprint density at radius 1 is 1.40 bits per heavy atom. The molecular formula is C17H28N2O. The van der Waals surface area contributed by atoms with E-state index in [0.717, 1.165) is 18.7 Å². The predicted molar refractivity (Wildman–Crippen MR) is 85.7 cm³/mol. The summed E-state index contributed by atoms with van der Waals surface area (Å²) < 4.78 is 5.60. The number of nitrogens with zero attached hydrogens (tertiary/aromatic N) is 1. The van der Waals surface area contributed by atoms with E-state index in [4.69, 9.17) is 4.74 Å². The zero-order chi connectivity index (χ0) is 14.5. The second-order valence-corrected chi connectivity index (χ2v) is 5.76. The Bertz CT molecular complexity index is 429. The van der Waals surface area contributed by atoms with Crippen molar-refractivity contribution in [2.45, 2.75) is 51.6 Å². The van der Waals surface area contributed by atoms with Crippen LogP contribution in [0.1, 0.15) is 51.1 Å². The summed E-state index contributed by atoms with van der Waals surface area (Å²) in [6.45, 7) is 5.46. The van der Waals surface area contributed by atoms with Crippen molar-refractivity contribution in [2.75, 3.05) is 25.6 Å². The van der Waals surface area contributed by atoms with Gasteiger partial charge in [-0.1, -0.05) is 13.0 Å². The highest BCUT2D eigenvalue weighted by molar-refractivity contribution is 5.61. The lowest BCUT2D eigenvalue weighted by atomic mass is 9.90. The van der Waals surface area contributed by atoms with Crippen LogP contribution >= 0.6 is 0 Å². The first kappa shape index (κ1) is 15.2. The van der Waals surface area contributed by atoms with Crippen molar-refractivity contribution in [3.63, 3.8) is 0 Å². The molecule has 0 bridgehead atoms. The average molecular weight is 276 g/mol. The minimum Gasteiger partial charge on any atom is -0.496 e. The molecule has 20 heavy (non-hydrogen) atoms. The third kappa shape index (κ3) is 3.09. The van der Waals surface area contributed by atoms with E-state index in [1.165, 1.54) is 30.5 Å². The van der Waals surface area contributed by atoms with Gasteiger partial charge >= 0.3 is 0 Å². The van der Waals surface area contributed by atoms with E-state index < -0.39 is 0 Å². The van der Waals surface area contributed by atoms with Gasteiger partial charge in [0.05, 0.1) is 7.11 Å². The van der Waals surface area contributed by atoms with E-state index in [2.05, 4.69) is 49.3 Å². The van der Waals surface area contributed by atoms with Crippen LogP contribution in [0.4, 0.5) is 5.69 Å². The molecule has 1 saturated carbocycles. The number of benzene rings is 1. The van der Waals surface area contributed by atoms with Gasteiger partial charge in [0, 0.05) is 30.4 Å². The first-order valence-electron chi connectivity index (χ1n) is 7.82. The van der Waals surface area contributed by atoms with Crippen molar-refractivity contribution in [1.82, 2.24) is 5.32 Å². The van der Waals surface area contributed by atoms with E-state index in [1.54, 1.807) is 7.11 Å². The molecule has 0 amide bonds. The quantitative estimate of drug-likeness (QED) is 0.821. The third-order valence-corrected chi connectivity index (χ3v) is 4.40. The predicted octanol–water partition coefficient (Wildman–Crippen LogP) is 3.74. The van der Waals surface area contributed by atoms with Crippen LogP contribution in [0.2, 0.25) is 0 Å². The van der Waals surface area contributed by atoms with Gasteiger partial charge in [0.25, 0.3) is 0 Å². The van der Waals surface area contributed by atoms with Gasteiger partial charge in [0.1, 0.15) is 5.75 Å². The molecule has 0 aliphatic heterocycles. The number of anilines is 1. The monoisotopic (exact) mass is 276 g/mol. The maximum absolute atomic E-state index is 5.60. The Balaban J connectivity index is 2.29. The Kier molecular flexibility index (Phi) is 5.30. The fourth-order valence-corrected chi connectivity index (χ4v) is 2.89. The molecule has 1 atom stereocenters. The largest absolute Gasteiger partial charge is 0.496 e. The second-order valence-electron chi connectivity index (χ2n) is 5.76. The van der Waals surface area contributed by atoms with Crippen LogP contribution in [0.15, 0.2) is 18.2 Å². The van der Waals surface area contributed by atoms with E-state index in [-0.39, 0.29) is 0 Å². The lowest BCUT2D eigenvalue weighted by Gasteiger charge is -2.38. The number of hydrogen-bond acceptors (Lipinski definition) is 3. The zero-order valence-corrected chi connectivity index (χ0v) is 13.3. The van der Waals surface area contributed by atoms with Gasteiger partial charge in [0.2, 0.25) is 0 Å². The van der Waals surface area contributed by atoms with Gasteiger partial charge in [-0.2, -0.15) is 0 Å². The van der Waals surface area contributed by atoms with Crippen LogP contribution in [0.25, 0.3) is 0 Å². The molecule has 0 saturated heterocycles. The summed E-state index contributed by atoms with van der Waals surface area (Å²) in [5.41, 5.74) is 2.60. The molecule has 0 radical (unpaired) electrons. The van der Waals surface area contributed by atoms with E-state index in [1.807, 2.05) is 0 Å². The second kappa shape index (κ2) is 6.98. The van der Waals surface area contributed by atoms with Crippen LogP contribution in [0, 0.1) is 0 Å². The molecule has 1 aromatic rings. The van der Waals surface area contributed by atoms with E-state index in [0.29, 0.717) is 12.1 Å². The van der Waals surface area contributed by atoms with Gasteiger partial charge in [-0.05, 0) is 51.3 Å². The zero-order valence-electron chi connectivity index (χ0n) is 13.3. The first-order chi connectivity index (χ1) is 9.69. The lowest BCUT2D eigenvalue weighted by molar-refractivity contribution is 0.390. The summed E-state index contributed by atoms with van der Waals surface area (Å²) in [5.74, 6) is 0.991. The summed E-state index contributed by atoms with van der Waals surface area (Å²) in [5, 5.41) is 3.59. The number of nitrogens with one attached hydrogen (secondary N) is 1. The molecular weight excluding hydrogens is 248 g/mol. The molecule has 3 nitrogen and oxygen atoms in total. The highest BCUT2D eigenvalue weighted by Crippen LogP contribution is 2.37. The maximum Gasteiger partial charge on any atom is 0.125 e. The van der Waals surface area contributed by atoms with Crippen LogP contribution in [0.5, 0.6) is 5.75 Å². The minimum absolute atomic E-state index is 0.309. The number of methoxy groups -OCH3 is 1. The van der Waals surface area contributed by atoms with Crippen LogP contribution in [-0.4, -0.2) is 26.7 Å². The molecule has 1 aliphatic carbocycles. The van der Waals surface area contributed by atoms with Gasteiger partial charge in [-0.3, -0.25) is 0 Å². The molecule has 1 aliphatic rings. The van der Waals surface area contributed by atoms with Gasteiger partial charge in [0.15, 0.2) is 0 Å². The molecule has 1 N–H and O–H groups in total. The van der Waals surface area contributed by atoms with Crippen molar-refractivity contribution in [1.29, 1.82) is 0 Å². The molecule has 3 heteroatoms. The minimum atomic E-state index is 0.309. The lowest BCUT2D eigenvalue weighted by Crippen LogP contribution is -2.38. The Labute approximate surface area is 123 Å². The molecule has 0 spiro atoms. The van der Waals surface area contributed by atoms with Crippen molar-refractivity contribution >= 4 is 5.69 Å². The highest BCUT2D eigenvalue weighted by atomic mass is 16.5. The molecule has 0 heterocycles. The number of rotatable bonds is 7. The first-order valence-corrected chi connectivity index (χ1v) is 7.82. The van der Waals surface area contributed by atoms with Crippen LogP contribution in [0.3, 0.4) is 0 Å². The molecule has 0 aromatic heterocycles. The molecule has 1 fully saturated rings.